The van der Waals surface area contributed by atoms with Crippen LogP contribution in [0.2, 0.25) is 0 Å². The van der Waals surface area contributed by atoms with Gasteiger partial charge in [0.1, 0.15) is 5.75 Å². The number of carbonyl (C=O) groups is 1. The van der Waals surface area contributed by atoms with Crippen molar-refractivity contribution < 1.29 is 14.3 Å². The Labute approximate surface area is 136 Å². The third-order valence-electron chi connectivity index (χ3n) is 4.15. The zero-order valence-electron chi connectivity index (χ0n) is 13.4. The average molecular weight is 311 g/mol. The van der Waals surface area contributed by atoms with Crippen LogP contribution >= 0.6 is 0 Å². The molecule has 0 bridgehead atoms. The summed E-state index contributed by atoms with van der Waals surface area (Å²) in [6, 6.07) is 15.7. The minimum absolute atomic E-state index is 0.0367. The van der Waals surface area contributed by atoms with E-state index in [0.717, 1.165) is 23.3 Å². The molecule has 2 aromatic rings. The maximum absolute atomic E-state index is 12.4. The van der Waals surface area contributed by atoms with Gasteiger partial charge in [0, 0.05) is 24.6 Å². The van der Waals surface area contributed by atoms with Gasteiger partial charge in [0.05, 0.1) is 13.7 Å². The molecule has 23 heavy (non-hydrogen) atoms. The largest absolute Gasteiger partial charge is 0.496 e. The van der Waals surface area contributed by atoms with Crippen LogP contribution in [-0.4, -0.2) is 26.2 Å². The third-order valence-corrected chi connectivity index (χ3v) is 4.15. The van der Waals surface area contributed by atoms with Gasteiger partial charge >= 0.3 is 0 Å². The molecule has 4 heteroatoms. The standard InChI is InChI=1S/C19H21NO3/c1-22-12-13-6-5-7-14(10-13)19(21)20-17-11-16(17)15-8-3-4-9-18(15)23-2/h3-10,16-17H,11-12H2,1-2H3,(H,20,21)/t16-,17-/m0/s1. The minimum atomic E-state index is -0.0367. The fourth-order valence-electron chi connectivity index (χ4n) is 2.89. The summed E-state index contributed by atoms with van der Waals surface area (Å²) in [6.45, 7) is 0.508. The Bertz CT molecular complexity index is 699. The van der Waals surface area contributed by atoms with Gasteiger partial charge in [0.2, 0.25) is 0 Å². The van der Waals surface area contributed by atoms with Gasteiger partial charge in [0.15, 0.2) is 0 Å². The van der Waals surface area contributed by atoms with Gasteiger partial charge in [-0.15, -0.1) is 0 Å². The van der Waals surface area contributed by atoms with Crippen molar-refractivity contribution in [2.75, 3.05) is 14.2 Å². The molecule has 1 fully saturated rings. The van der Waals surface area contributed by atoms with Crippen LogP contribution < -0.4 is 10.1 Å². The summed E-state index contributed by atoms with van der Waals surface area (Å²) in [5, 5.41) is 3.10. The van der Waals surface area contributed by atoms with Crippen molar-refractivity contribution >= 4 is 5.91 Å². The third kappa shape index (κ3) is 3.54. The molecule has 2 aromatic carbocycles. The van der Waals surface area contributed by atoms with Gasteiger partial charge in [-0.2, -0.15) is 0 Å². The van der Waals surface area contributed by atoms with Crippen molar-refractivity contribution in [1.29, 1.82) is 0 Å². The first kappa shape index (κ1) is 15.6. The molecule has 120 valence electrons. The molecule has 0 saturated heterocycles. The minimum Gasteiger partial charge on any atom is -0.496 e. The molecule has 1 amide bonds. The number of ether oxygens (including phenoxy) is 2. The topological polar surface area (TPSA) is 47.6 Å². The van der Waals surface area contributed by atoms with Crippen molar-refractivity contribution in [3.05, 3.63) is 65.2 Å². The second-order valence-corrected chi connectivity index (χ2v) is 5.80. The Kier molecular flexibility index (Phi) is 4.63. The predicted molar refractivity (Wildman–Crippen MR) is 88.8 cm³/mol. The zero-order chi connectivity index (χ0) is 16.2. The summed E-state index contributed by atoms with van der Waals surface area (Å²) in [5.41, 5.74) is 2.83. The molecular weight excluding hydrogens is 290 g/mol. The molecular formula is C19H21NO3. The Morgan fingerprint density at radius 3 is 2.78 bits per heavy atom. The fourth-order valence-corrected chi connectivity index (χ4v) is 2.89. The van der Waals surface area contributed by atoms with Gasteiger partial charge in [0.25, 0.3) is 5.91 Å². The van der Waals surface area contributed by atoms with Crippen molar-refractivity contribution in [3.8, 4) is 5.75 Å². The van der Waals surface area contributed by atoms with Crippen LogP contribution in [0.25, 0.3) is 0 Å². The molecule has 0 spiro atoms. The number of benzene rings is 2. The monoisotopic (exact) mass is 311 g/mol. The summed E-state index contributed by atoms with van der Waals surface area (Å²) in [4.78, 5) is 12.4. The van der Waals surface area contributed by atoms with Gasteiger partial charge in [-0.1, -0.05) is 30.3 Å². The summed E-state index contributed by atoms with van der Waals surface area (Å²) < 4.78 is 10.5. The Morgan fingerprint density at radius 2 is 2.00 bits per heavy atom. The molecule has 0 aliphatic heterocycles. The first-order valence-electron chi connectivity index (χ1n) is 7.74. The van der Waals surface area contributed by atoms with E-state index < -0.39 is 0 Å². The number of methoxy groups -OCH3 is 2. The number of nitrogens with one attached hydrogen (secondary N) is 1. The SMILES string of the molecule is COCc1cccc(C(=O)N[C@H]2C[C@H]2c2ccccc2OC)c1. The van der Waals surface area contributed by atoms with Crippen LogP contribution in [0.1, 0.15) is 33.8 Å². The number of amides is 1. The van der Waals surface area contributed by atoms with Crippen molar-refractivity contribution in [3.63, 3.8) is 0 Å². The summed E-state index contributed by atoms with van der Waals surface area (Å²) in [7, 11) is 3.32. The predicted octanol–water partition coefficient (Wildman–Crippen LogP) is 3.13. The lowest BCUT2D eigenvalue weighted by atomic mass is 10.1. The molecule has 0 unspecified atom stereocenters. The van der Waals surface area contributed by atoms with Crippen LogP contribution in [0.15, 0.2) is 48.5 Å². The van der Waals surface area contributed by atoms with Gasteiger partial charge in [-0.3, -0.25) is 4.79 Å². The first-order chi connectivity index (χ1) is 11.2. The molecule has 3 rings (SSSR count). The lowest BCUT2D eigenvalue weighted by Gasteiger charge is -2.09. The van der Waals surface area contributed by atoms with E-state index in [1.54, 1.807) is 14.2 Å². The van der Waals surface area contributed by atoms with E-state index >= 15 is 0 Å². The van der Waals surface area contributed by atoms with Crippen LogP contribution in [0.4, 0.5) is 0 Å². The number of hydrogen-bond donors (Lipinski definition) is 1. The molecule has 2 atom stereocenters. The van der Waals surface area contributed by atoms with Gasteiger partial charge < -0.3 is 14.8 Å². The summed E-state index contributed by atoms with van der Waals surface area (Å²) in [6.07, 6.45) is 0.948. The Hall–Kier alpha value is -2.33. The molecule has 0 aromatic heterocycles. The average Bonchev–Trinajstić information content (AvgIpc) is 3.34. The Morgan fingerprint density at radius 1 is 1.17 bits per heavy atom. The van der Waals surface area contributed by atoms with E-state index in [2.05, 4.69) is 11.4 Å². The van der Waals surface area contributed by atoms with E-state index in [1.807, 2.05) is 42.5 Å². The lowest BCUT2D eigenvalue weighted by molar-refractivity contribution is 0.0950. The number of rotatable bonds is 6. The number of hydrogen-bond acceptors (Lipinski definition) is 3. The molecule has 1 aliphatic carbocycles. The van der Waals surface area contributed by atoms with Crippen LogP contribution in [-0.2, 0) is 11.3 Å². The van der Waals surface area contributed by atoms with Crippen LogP contribution in [0.5, 0.6) is 5.75 Å². The number of carbonyl (C=O) groups excluding carboxylic acids is 1. The van der Waals surface area contributed by atoms with Gasteiger partial charge in [-0.05, 0) is 35.7 Å². The van der Waals surface area contributed by atoms with E-state index in [-0.39, 0.29) is 11.9 Å². The second kappa shape index (κ2) is 6.84. The Balaban J connectivity index is 1.65. The molecule has 4 nitrogen and oxygen atoms in total. The molecule has 1 aliphatic rings. The van der Waals surface area contributed by atoms with E-state index in [9.17, 15) is 4.79 Å². The molecule has 1 N–H and O–H groups in total. The highest BCUT2D eigenvalue weighted by molar-refractivity contribution is 5.94. The quantitative estimate of drug-likeness (QED) is 0.891. The van der Waals surface area contributed by atoms with Crippen molar-refractivity contribution in [1.82, 2.24) is 5.32 Å². The zero-order valence-corrected chi connectivity index (χ0v) is 13.4. The first-order valence-corrected chi connectivity index (χ1v) is 7.74. The fraction of sp³-hybridized carbons (Fsp3) is 0.316. The normalized spacial score (nSPS) is 19.2. The highest BCUT2D eigenvalue weighted by Gasteiger charge is 2.41. The van der Waals surface area contributed by atoms with Crippen molar-refractivity contribution in [2.45, 2.75) is 25.0 Å². The molecule has 1 saturated carbocycles. The van der Waals surface area contributed by atoms with E-state index in [4.69, 9.17) is 9.47 Å². The second-order valence-electron chi connectivity index (χ2n) is 5.80. The maximum atomic E-state index is 12.4. The number of para-hydroxylation sites is 1. The lowest BCUT2D eigenvalue weighted by Crippen LogP contribution is -2.26. The van der Waals surface area contributed by atoms with E-state index in [0.29, 0.717) is 18.1 Å². The highest BCUT2D eigenvalue weighted by atomic mass is 16.5. The van der Waals surface area contributed by atoms with E-state index in [1.165, 1.54) is 0 Å². The van der Waals surface area contributed by atoms with Crippen LogP contribution in [0.3, 0.4) is 0 Å². The molecule has 0 heterocycles. The smallest absolute Gasteiger partial charge is 0.251 e. The summed E-state index contributed by atoms with van der Waals surface area (Å²) >= 11 is 0. The summed E-state index contributed by atoms with van der Waals surface area (Å²) in [5.74, 6) is 1.18. The maximum Gasteiger partial charge on any atom is 0.251 e. The van der Waals surface area contributed by atoms with Gasteiger partial charge in [-0.25, -0.2) is 0 Å². The van der Waals surface area contributed by atoms with Crippen molar-refractivity contribution in [2.24, 2.45) is 0 Å². The van der Waals surface area contributed by atoms with Crippen LogP contribution in [0, 0.1) is 0 Å². The highest BCUT2D eigenvalue weighted by Crippen LogP contribution is 2.44. The molecule has 0 radical (unpaired) electrons.